The first-order valence-corrected chi connectivity index (χ1v) is 6.87. The third-order valence-electron chi connectivity index (χ3n) is 2.07. The van der Waals surface area contributed by atoms with Crippen LogP contribution in [0.1, 0.15) is 10.4 Å². The van der Waals surface area contributed by atoms with Gasteiger partial charge in [0, 0.05) is 25.5 Å². The first-order chi connectivity index (χ1) is 6.91. The zero-order chi connectivity index (χ0) is 11.6. The van der Waals surface area contributed by atoms with Gasteiger partial charge < -0.3 is 5.32 Å². The summed E-state index contributed by atoms with van der Waals surface area (Å²) in [5.74, 6) is 0. The second-order valence-corrected chi connectivity index (χ2v) is 6.54. The molecule has 0 aliphatic heterocycles. The van der Waals surface area contributed by atoms with Crippen LogP contribution in [0.3, 0.4) is 0 Å². The Morgan fingerprint density at radius 3 is 2.53 bits per heavy atom. The van der Waals surface area contributed by atoms with E-state index in [9.17, 15) is 8.42 Å². The van der Waals surface area contributed by atoms with E-state index in [1.54, 1.807) is 21.1 Å². The maximum Gasteiger partial charge on any atom is 0.243 e. The third-order valence-corrected chi connectivity index (χ3v) is 5.34. The van der Waals surface area contributed by atoms with E-state index in [4.69, 9.17) is 0 Å². The Morgan fingerprint density at radius 2 is 2.07 bits per heavy atom. The van der Waals surface area contributed by atoms with Crippen LogP contribution >= 0.6 is 11.3 Å². The molecule has 0 fully saturated rings. The zero-order valence-corrected chi connectivity index (χ0v) is 11.0. The van der Waals surface area contributed by atoms with Crippen molar-refractivity contribution in [1.29, 1.82) is 0 Å². The summed E-state index contributed by atoms with van der Waals surface area (Å²) < 4.78 is 25.3. The molecule has 0 aromatic carbocycles. The minimum absolute atomic E-state index is 0.451. The molecule has 1 aromatic rings. The molecule has 0 aliphatic carbocycles. The van der Waals surface area contributed by atoms with E-state index < -0.39 is 10.0 Å². The van der Waals surface area contributed by atoms with Crippen LogP contribution in [0.25, 0.3) is 0 Å². The Hall–Kier alpha value is -0.430. The molecule has 1 aromatic heterocycles. The quantitative estimate of drug-likeness (QED) is 0.865. The summed E-state index contributed by atoms with van der Waals surface area (Å²) in [5.41, 5.74) is 0.818. The lowest BCUT2D eigenvalue weighted by Gasteiger charge is -2.13. The van der Waals surface area contributed by atoms with Gasteiger partial charge >= 0.3 is 0 Å². The average molecular weight is 248 g/mol. The molecule has 4 nitrogen and oxygen atoms in total. The van der Waals surface area contributed by atoms with Gasteiger partial charge in [0.1, 0.15) is 4.90 Å². The Labute approximate surface area is 95.0 Å². The van der Waals surface area contributed by atoms with E-state index in [0.717, 1.165) is 10.4 Å². The molecule has 0 aliphatic rings. The van der Waals surface area contributed by atoms with Crippen molar-refractivity contribution in [1.82, 2.24) is 9.62 Å². The SMILES string of the molecule is CNCc1scc(C)c1S(=O)(=O)N(C)C. The molecule has 0 radical (unpaired) electrons. The maximum absolute atomic E-state index is 12.0. The third kappa shape index (κ3) is 2.39. The number of hydrogen-bond acceptors (Lipinski definition) is 4. The predicted octanol–water partition coefficient (Wildman–Crippen LogP) is 1.03. The van der Waals surface area contributed by atoms with Crippen LogP contribution in [-0.4, -0.2) is 33.9 Å². The molecule has 0 bridgehead atoms. The number of nitrogens with zero attached hydrogens (tertiary/aromatic N) is 1. The smallest absolute Gasteiger partial charge is 0.243 e. The van der Waals surface area contributed by atoms with Crippen molar-refractivity contribution < 1.29 is 8.42 Å². The predicted molar refractivity (Wildman–Crippen MR) is 62.7 cm³/mol. The monoisotopic (exact) mass is 248 g/mol. The van der Waals surface area contributed by atoms with Gasteiger partial charge in [-0.15, -0.1) is 11.3 Å². The summed E-state index contributed by atoms with van der Waals surface area (Å²) >= 11 is 1.48. The fourth-order valence-corrected chi connectivity index (χ4v) is 3.96. The summed E-state index contributed by atoms with van der Waals surface area (Å²) in [6.07, 6.45) is 0. The molecule has 0 saturated carbocycles. The lowest BCUT2D eigenvalue weighted by atomic mass is 10.3. The first-order valence-electron chi connectivity index (χ1n) is 4.55. The highest BCUT2D eigenvalue weighted by Gasteiger charge is 2.24. The van der Waals surface area contributed by atoms with Gasteiger partial charge in [-0.05, 0) is 24.9 Å². The fraction of sp³-hybridized carbons (Fsp3) is 0.556. The number of thiophene rings is 1. The minimum atomic E-state index is -3.31. The molecule has 0 spiro atoms. The highest BCUT2D eigenvalue weighted by molar-refractivity contribution is 7.89. The van der Waals surface area contributed by atoms with Gasteiger partial charge in [0.2, 0.25) is 10.0 Å². The van der Waals surface area contributed by atoms with Crippen molar-refractivity contribution in [2.75, 3.05) is 21.1 Å². The van der Waals surface area contributed by atoms with Crippen molar-refractivity contribution in [3.63, 3.8) is 0 Å². The van der Waals surface area contributed by atoms with Crippen molar-refractivity contribution in [2.24, 2.45) is 0 Å². The number of aryl methyl sites for hydroxylation is 1. The van der Waals surface area contributed by atoms with Gasteiger partial charge in [-0.3, -0.25) is 0 Å². The maximum atomic E-state index is 12.0. The standard InChI is InChI=1S/C9H16N2O2S2/c1-7-6-14-8(5-10-2)9(7)15(12,13)11(3)4/h6,10H,5H2,1-4H3. The minimum Gasteiger partial charge on any atom is -0.315 e. The van der Waals surface area contributed by atoms with Crippen LogP contribution in [0.5, 0.6) is 0 Å². The van der Waals surface area contributed by atoms with Crippen molar-refractivity contribution >= 4 is 21.4 Å². The summed E-state index contributed by atoms with van der Waals surface area (Å²) in [6, 6.07) is 0. The Bertz CT molecular complexity index is 435. The molecular formula is C9H16N2O2S2. The van der Waals surface area contributed by atoms with Crippen molar-refractivity contribution in [3.05, 3.63) is 15.8 Å². The van der Waals surface area contributed by atoms with Gasteiger partial charge in [-0.2, -0.15) is 0 Å². The lowest BCUT2D eigenvalue weighted by Crippen LogP contribution is -2.24. The largest absolute Gasteiger partial charge is 0.315 e. The van der Waals surface area contributed by atoms with E-state index in [1.165, 1.54) is 15.6 Å². The summed E-state index contributed by atoms with van der Waals surface area (Å²) in [7, 11) is 1.60. The van der Waals surface area contributed by atoms with Crippen molar-refractivity contribution in [2.45, 2.75) is 18.4 Å². The van der Waals surface area contributed by atoms with Crippen LogP contribution in [0.15, 0.2) is 10.3 Å². The van der Waals surface area contributed by atoms with E-state index >= 15 is 0 Å². The Morgan fingerprint density at radius 1 is 1.47 bits per heavy atom. The molecule has 1 rings (SSSR count). The van der Waals surface area contributed by atoms with Gasteiger partial charge in [-0.1, -0.05) is 0 Å². The molecule has 0 atom stereocenters. The van der Waals surface area contributed by atoms with Crippen LogP contribution in [0.4, 0.5) is 0 Å². The second kappa shape index (κ2) is 4.61. The van der Waals surface area contributed by atoms with Crippen LogP contribution in [-0.2, 0) is 16.6 Å². The van der Waals surface area contributed by atoms with E-state index in [1.807, 2.05) is 12.3 Å². The Kier molecular flexibility index (Phi) is 3.88. The van der Waals surface area contributed by atoms with E-state index in [-0.39, 0.29) is 0 Å². The molecule has 1 heterocycles. The highest BCUT2D eigenvalue weighted by atomic mass is 32.2. The lowest BCUT2D eigenvalue weighted by molar-refractivity contribution is 0.519. The molecule has 86 valence electrons. The molecule has 0 amide bonds. The summed E-state index contributed by atoms with van der Waals surface area (Å²) in [6.45, 7) is 2.41. The molecule has 6 heteroatoms. The van der Waals surface area contributed by atoms with Crippen LogP contribution in [0, 0.1) is 6.92 Å². The molecule has 0 saturated heterocycles. The number of nitrogens with one attached hydrogen (secondary N) is 1. The van der Waals surface area contributed by atoms with Gasteiger partial charge in [0.15, 0.2) is 0 Å². The molecule has 15 heavy (non-hydrogen) atoms. The zero-order valence-electron chi connectivity index (χ0n) is 9.36. The second-order valence-electron chi connectivity index (χ2n) is 3.49. The Balaban J connectivity index is 3.29. The fourth-order valence-electron chi connectivity index (χ4n) is 1.30. The summed E-state index contributed by atoms with van der Waals surface area (Å²) in [4.78, 5) is 1.32. The highest BCUT2D eigenvalue weighted by Crippen LogP contribution is 2.28. The number of sulfonamides is 1. The first kappa shape index (κ1) is 12.6. The number of hydrogen-bond donors (Lipinski definition) is 1. The van der Waals surface area contributed by atoms with Gasteiger partial charge in [-0.25, -0.2) is 12.7 Å². The topological polar surface area (TPSA) is 49.4 Å². The molecule has 0 unspecified atom stereocenters. The molecule has 1 N–H and O–H groups in total. The molecular weight excluding hydrogens is 232 g/mol. The van der Waals surface area contributed by atoms with Crippen molar-refractivity contribution in [3.8, 4) is 0 Å². The van der Waals surface area contributed by atoms with E-state index in [2.05, 4.69) is 5.32 Å². The average Bonchev–Trinajstić information content (AvgIpc) is 2.48. The normalized spacial score (nSPS) is 12.3. The van der Waals surface area contributed by atoms with E-state index in [0.29, 0.717) is 11.4 Å². The van der Waals surface area contributed by atoms with Gasteiger partial charge in [0.25, 0.3) is 0 Å². The summed E-state index contributed by atoms with van der Waals surface area (Å²) in [5, 5.41) is 4.85. The van der Waals surface area contributed by atoms with Crippen LogP contribution < -0.4 is 5.32 Å². The number of rotatable bonds is 4. The van der Waals surface area contributed by atoms with Crippen LogP contribution in [0.2, 0.25) is 0 Å². The van der Waals surface area contributed by atoms with Gasteiger partial charge in [0.05, 0.1) is 0 Å².